The Morgan fingerprint density at radius 2 is 2.12 bits per heavy atom. The second-order valence-electron chi connectivity index (χ2n) is 3.76. The molecular weight excluding hydrogens is 245 g/mol. The normalized spacial score (nSPS) is 21.5. The van der Waals surface area contributed by atoms with Gasteiger partial charge in [-0.1, -0.05) is 0 Å². The standard InChI is InChI=1S/C9H15F3N2O.ClH/c1-7-6-13-4-5-14(7)8(15)2-3-9(10,11)12;/h7,13H,2-6H2,1H3;1H/t7-;/m0./s1. The van der Waals surface area contributed by atoms with Gasteiger partial charge >= 0.3 is 6.18 Å². The van der Waals surface area contributed by atoms with Crippen LogP contribution in [-0.2, 0) is 4.79 Å². The van der Waals surface area contributed by atoms with Crippen molar-refractivity contribution in [1.29, 1.82) is 0 Å². The number of piperazine rings is 1. The molecule has 16 heavy (non-hydrogen) atoms. The highest BCUT2D eigenvalue weighted by atomic mass is 35.5. The second kappa shape index (κ2) is 6.30. The molecule has 0 unspecified atom stereocenters. The van der Waals surface area contributed by atoms with Gasteiger partial charge in [-0.3, -0.25) is 4.79 Å². The van der Waals surface area contributed by atoms with E-state index < -0.39 is 24.9 Å². The summed E-state index contributed by atoms with van der Waals surface area (Å²) in [5.41, 5.74) is 0. The largest absolute Gasteiger partial charge is 0.389 e. The Bertz CT molecular complexity index is 235. The third-order valence-electron chi connectivity index (χ3n) is 2.44. The molecule has 0 radical (unpaired) electrons. The predicted octanol–water partition coefficient (Wildman–Crippen LogP) is 1.57. The fraction of sp³-hybridized carbons (Fsp3) is 0.889. The van der Waals surface area contributed by atoms with E-state index in [2.05, 4.69) is 5.32 Å². The molecule has 3 nitrogen and oxygen atoms in total. The number of hydrogen-bond acceptors (Lipinski definition) is 2. The Morgan fingerprint density at radius 1 is 1.50 bits per heavy atom. The van der Waals surface area contributed by atoms with Crippen molar-refractivity contribution in [3.05, 3.63) is 0 Å². The Morgan fingerprint density at radius 3 is 2.62 bits per heavy atom. The number of alkyl halides is 3. The van der Waals surface area contributed by atoms with Gasteiger partial charge in [-0.15, -0.1) is 12.4 Å². The monoisotopic (exact) mass is 260 g/mol. The van der Waals surface area contributed by atoms with Crippen molar-refractivity contribution in [3.8, 4) is 0 Å². The molecule has 0 bridgehead atoms. The van der Waals surface area contributed by atoms with Gasteiger partial charge in [0.25, 0.3) is 0 Å². The van der Waals surface area contributed by atoms with E-state index in [9.17, 15) is 18.0 Å². The Kier molecular flexibility index (Phi) is 6.10. The SMILES string of the molecule is C[C@H]1CNCCN1C(=O)CCC(F)(F)F.Cl. The summed E-state index contributed by atoms with van der Waals surface area (Å²) in [5.74, 6) is -0.402. The smallest absolute Gasteiger partial charge is 0.337 e. The third-order valence-corrected chi connectivity index (χ3v) is 2.44. The number of hydrogen-bond donors (Lipinski definition) is 1. The zero-order chi connectivity index (χ0) is 11.5. The fourth-order valence-electron chi connectivity index (χ4n) is 1.60. The fourth-order valence-corrected chi connectivity index (χ4v) is 1.60. The molecule has 0 aromatic heterocycles. The predicted molar refractivity (Wildman–Crippen MR) is 56.6 cm³/mol. The third kappa shape index (κ3) is 5.03. The summed E-state index contributed by atoms with van der Waals surface area (Å²) in [4.78, 5) is 13.0. The van der Waals surface area contributed by atoms with Crippen molar-refractivity contribution in [1.82, 2.24) is 10.2 Å². The lowest BCUT2D eigenvalue weighted by Crippen LogP contribution is -2.52. The minimum atomic E-state index is -4.24. The summed E-state index contributed by atoms with van der Waals surface area (Å²) in [5, 5.41) is 3.08. The molecule has 0 saturated carbocycles. The van der Waals surface area contributed by atoms with Crippen LogP contribution in [0.25, 0.3) is 0 Å². The zero-order valence-corrected chi connectivity index (χ0v) is 9.83. The van der Waals surface area contributed by atoms with E-state index in [1.165, 1.54) is 4.90 Å². The van der Waals surface area contributed by atoms with E-state index >= 15 is 0 Å². The molecule has 0 aliphatic carbocycles. The van der Waals surface area contributed by atoms with Crippen LogP contribution in [0.3, 0.4) is 0 Å². The Labute approximate surface area is 98.8 Å². The van der Waals surface area contributed by atoms with Crippen molar-refractivity contribution in [3.63, 3.8) is 0 Å². The molecule has 96 valence electrons. The quantitative estimate of drug-likeness (QED) is 0.817. The Hall–Kier alpha value is -0.490. The number of nitrogens with one attached hydrogen (secondary N) is 1. The minimum Gasteiger partial charge on any atom is -0.337 e. The summed E-state index contributed by atoms with van der Waals surface area (Å²) >= 11 is 0. The summed E-state index contributed by atoms with van der Waals surface area (Å²) in [6, 6.07) is -0.0144. The molecule has 1 saturated heterocycles. The molecule has 1 fully saturated rings. The van der Waals surface area contributed by atoms with Crippen LogP contribution in [0.4, 0.5) is 13.2 Å². The first-order chi connectivity index (χ1) is 6.90. The van der Waals surface area contributed by atoms with Gasteiger partial charge in [0.15, 0.2) is 0 Å². The molecule has 0 spiro atoms. The molecule has 1 aliphatic rings. The van der Waals surface area contributed by atoms with Gasteiger partial charge in [0.05, 0.1) is 6.42 Å². The topological polar surface area (TPSA) is 32.3 Å². The lowest BCUT2D eigenvalue weighted by Gasteiger charge is -2.34. The molecule has 1 atom stereocenters. The van der Waals surface area contributed by atoms with E-state index in [1.54, 1.807) is 0 Å². The summed E-state index contributed by atoms with van der Waals surface area (Å²) in [6.45, 7) is 3.63. The van der Waals surface area contributed by atoms with Crippen LogP contribution in [0.5, 0.6) is 0 Å². The van der Waals surface area contributed by atoms with E-state index in [1.807, 2.05) is 6.92 Å². The van der Waals surface area contributed by atoms with Crippen molar-refractivity contribution in [2.24, 2.45) is 0 Å². The van der Waals surface area contributed by atoms with Crippen LogP contribution in [0, 0.1) is 0 Å². The maximum Gasteiger partial charge on any atom is 0.389 e. The van der Waals surface area contributed by atoms with E-state index in [0.717, 1.165) is 0 Å². The molecule has 1 rings (SSSR count). The van der Waals surface area contributed by atoms with Crippen LogP contribution in [-0.4, -0.2) is 42.7 Å². The Balaban J connectivity index is 0.00000225. The molecule has 1 aliphatic heterocycles. The van der Waals surface area contributed by atoms with Gasteiger partial charge in [-0.25, -0.2) is 0 Å². The van der Waals surface area contributed by atoms with Crippen LogP contribution in [0.15, 0.2) is 0 Å². The number of carbonyl (C=O) groups excluding carboxylic acids is 1. The highest BCUT2D eigenvalue weighted by Crippen LogP contribution is 2.22. The number of nitrogens with zero attached hydrogens (tertiary/aromatic N) is 1. The first kappa shape index (κ1) is 15.5. The molecule has 1 amide bonds. The summed E-state index contributed by atoms with van der Waals surface area (Å²) in [6.07, 6.45) is -5.71. The van der Waals surface area contributed by atoms with Gasteiger partial charge in [0.1, 0.15) is 0 Å². The number of carbonyl (C=O) groups is 1. The molecule has 7 heteroatoms. The van der Waals surface area contributed by atoms with Crippen molar-refractivity contribution >= 4 is 18.3 Å². The second-order valence-corrected chi connectivity index (χ2v) is 3.76. The maximum absolute atomic E-state index is 11.9. The highest BCUT2D eigenvalue weighted by molar-refractivity contribution is 5.85. The van der Waals surface area contributed by atoms with Gasteiger partial charge in [-0.2, -0.15) is 13.2 Å². The van der Waals surface area contributed by atoms with Crippen LogP contribution in [0.1, 0.15) is 19.8 Å². The van der Waals surface area contributed by atoms with Crippen LogP contribution < -0.4 is 5.32 Å². The summed E-state index contributed by atoms with van der Waals surface area (Å²) in [7, 11) is 0. The van der Waals surface area contributed by atoms with Gasteiger partial charge < -0.3 is 10.2 Å². The average Bonchev–Trinajstić information content (AvgIpc) is 2.14. The van der Waals surface area contributed by atoms with Crippen molar-refractivity contribution < 1.29 is 18.0 Å². The summed E-state index contributed by atoms with van der Waals surface area (Å²) < 4.78 is 35.7. The van der Waals surface area contributed by atoms with E-state index in [4.69, 9.17) is 0 Å². The molecular formula is C9H16ClF3N2O. The van der Waals surface area contributed by atoms with E-state index in [-0.39, 0.29) is 18.4 Å². The average molecular weight is 261 g/mol. The first-order valence-corrected chi connectivity index (χ1v) is 4.97. The number of rotatable bonds is 2. The molecule has 1 N–H and O–H groups in total. The van der Waals surface area contributed by atoms with Crippen LogP contribution >= 0.6 is 12.4 Å². The van der Waals surface area contributed by atoms with Gasteiger partial charge in [0.2, 0.25) is 5.91 Å². The zero-order valence-electron chi connectivity index (χ0n) is 9.01. The number of halogens is 4. The number of amides is 1. The van der Waals surface area contributed by atoms with Crippen LogP contribution in [0.2, 0.25) is 0 Å². The molecule has 1 heterocycles. The highest BCUT2D eigenvalue weighted by Gasteiger charge is 2.30. The van der Waals surface area contributed by atoms with Crippen molar-refractivity contribution in [2.75, 3.05) is 19.6 Å². The lowest BCUT2D eigenvalue weighted by molar-refractivity contribution is -0.150. The maximum atomic E-state index is 11.9. The molecule has 0 aromatic carbocycles. The van der Waals surface area contributed by atoms with Crippen molar-refractivity contribution in [2.45, 2.75) is 32.0 Å². The lowest BCUT2D eigenvalue weighted by atomic mass is 10.2. The first-order valence-electron chi connectivity index (χ1n) is 4.97. The van der Waals surface area contributed by atoms with E-state index in [0.29, 0.717) is 19.6 Å². The van der Waals surface area contributed by atoms with Gasteiger partial charge in [0, 0.05) is 32.1 Å². The molecule has 0 aromatic rings. The minimum absolute atomic E-state index is 0. The van der Waals surface area contributed by atoms with Gasteiger partial charge in [-0.05, 0) is 6.92 Å².